The topological polar surface area (TPSA) is 109 Å². The summed E-state index contributed by atoms with van der Waals surface area (Å²) in [6.07, 6.45) is 4.80. The Morgan fingerprint density at radius 1 is 0.816 bits per heavy atom. The molecule has 1 aliphatic carbocycles. The molecule has 49 heavy (non-hydrogen) atoms. The normalized spacial score (nSPS) is 18.2. The summed E-state index contributed by atoms with van der Waals surface area (Å²) in [5, 5.41) is 9.45. The third-order valence-electron chi connectivity index (χ3n) is 8.52. The molecular weight excluding hydrogens is 743 g/mol. The van der Waals surface area contributed by atoms with E-state index < -0.39 is 13.3 Å². The highest BCUT2D eigenvalue weighted by molar-refractivity contribution is 9.10. The lowest BCUT2D eigenvalue weighted by atomic mass is 9.82. The molecule has 1 saturated carbocycles. The third kappa shape index (κ3) is 8.65. The Hall–Kier alpha value is -3.88. The minimum absolute atomic E-state index is 0.0817. The highest BCUT2D eigenvalue weighted by Crippen LogP contribution is 2.44. The first kappa shape index (κ1) is 35.0. The highest BCUT2D eigenvalue weighted by atomic mass is 79.9. The molecule has 0 spiro atoms. The van der Waals surface area contributed by atoms with Gasteiger partial charge in [0.1, 0.15) is 37.0 Å². The fourth-order valence-electron chi connectivity index (χ4n) is 6.29. The zero-order valence-corrected chi connectivity index (χ0v) is 29.7. The van der Waals surface area contributed by atoms with Gasteiger partial charge in [0, 0.05) is 31.3 Å². The summed E-state index contributed by atoms with van der Waals surface area (Å²) < 4.78 is 40.0. The second kappa shape index (κ2) is 16.2. The lowest BCUT2D eigenvalue weighted by Gasteiger charge is -2.38. The molecule has 258 valence electrons. The van der Waals surface area contributed by atoms with Crippen LogP contribution in [-0.4, -0.2) is 65.9 Å². The molecule has 2 atom stereocenters. The van der Waals surface area contributed by atoms with E-state index in [1.165, 1.54) is 22.2 Å². The quantitative estimate of drug-likeness (QED) is 0.132. The number of hydrogen-bond donors (Lipinski definition) is 0. The van der Waals surface area contributed by atoms with Crippen LogP contribution in [0.5, 0.6) is 23.5 Å². The number of benzene rings is 2. The van der Waals surface area contributed by atoms with Crippen LogP contribution in [0.3, 0.4) is 0 Å². The summed E-state index contributed by atoms with van der Waals surface area (Å²) >= 11 is 15.3. The van der Waals surface area contributed by atoms with Crippen molar-refractivity contribution in [2.24, 2.45) is 17.8 Å². The van der Waals surface area contributed by atoms with E-state index in [2.05, 4.69) is 57.0 Å². The molecule has 2 aliphatic rings. The van der Waals surface area contributed by atoms with Gasteiger partial charge in [-0.15, -0.1) is 5.10 Å². The van der Waals surface area contributed by atoms with Crippen LogP contribution in [0.25, 0.3) is 0 Å². The minimum atomic E-state index is -0.547. The first-order valence-corrected chi connectivity index (χ1v) is 17.4. The second-order valence-electron chi connectivity index (χ2n) is 11.8. The Balaban J connectivity index is 0.000000207. The van der Waals surface area contributed by atoms with E-state index in [9.17, 15) is 8.78 Å². The van der Waals surface area contributed by atoms with Crippen molar-refractivity contribution in [3.05, 3.63) is 87.2 Å². The van der Waals surface area contributed by atoms with Crippen LogP contribution < -0.4 is 14.4 Å². The van der Waals surface area contributed by atoms with E-state index in [4.69, 9.17) is 32.7 Å². The molecule has 2 unspecified atom stereocenters. The second-order valence-corrected chi connectivity index (χ2v) is 13.3. The van der Waals surface area contributed by atoms with Gasteiger partial charge in [0.05, 0.1) is 23.1 Å². The number of halogens is 5. The average Bonchev–Trinajstić information content (AvgIpc) is 3.70. The number of aromatic nitrogens is 8. The van der Waals surface area contributed by atoms with Gasteiger partial charge < -0.3 is 14.4 Å². The summed E-state index contributed by atoms with van der Waals surface area (Å²) in [4.78, 5) is 19.7. The zero-order chi connectivity index (χ0) is 34.3. The summed E-state index contributed by atoms with van der Waals surface area (Å²) in [7, 11) is 0. The van der Waals surface area contributed by atoms with Gasteiger partial charge >= 0.3 is 12.0 Å². The van der Waals surface area contributed by atoms with Crippen molar-refractivity contribution >= 4 is 44.9 Å². The number of rotatable bonds is 11. The number of anilines is 1. The van der Waals surface area contributed by atoms with E-state index in [1.54, 1.807) is 42.7 Å². The lowest BCUT2D eigenvalue weighted by Crippen LogP contribution is -2.43. The van der Waals surface area contributed by atoms with E-state index in [1.807, 2.05) is 19.1 Å². The van der Waals surface area contributed by atoms with Crippen LogP contribution in [0.15, 0.2) is 65.7 Å². The maximum absolute atomic E-state index is 13.1. The number of hydrogen-bond acceptors (Lipinski definition) is 9. The molecule has 3 aromatic heterocycles. The van der Waals surface area contributed by atoms with E-state index in [-0.39, 0.29) is 25.1 Å². The number of nitrogens with zero attached hydrogens (tertiary/aromatic N) is 9. The van der Waals surface area contributed by atoms with Crippen LogP contribution in [0, 0.1) is 24.7 Å². The van der Waals surface area contributed by atoms with Gasteiger partial charge in [0.2, 0.25) is 4.73 Å². The predicted octanol–water partition coefficient (Wildman–Crippen LogP) is 7.95. The molecule has 2 aromatic carbocycles. The van der Waals surface area contributed by atoms with E-state index in [0.717, 1.165) is 31.0 Å². The Morgan fingerprint density at radius 3 is 1.96 bits per heavy atom. The van der Waals surface area contributed by atoms with Crippen molar-refractivity contribution in [3.63, 3.8) is 0 Å². The van der Waals surface area contributed by atoms with Gasteiger partial charge in [-0.25, -0.2) is 28.1 Å². The Kier molecular flexibility index (Phi) is 11.6. The highest BCUT2D eigenvalue weighted by Gasteiger charge is 2.43. The molecule has 11 nitrogen and oxygen atoms in total. The number of fused-ring (bicyclic) bond motifs is 2. The van der Waals surface area contributed by atoms with Crippen molar-refractivity contribution in [3.8, 4) is 23.5 Å². The zero-order valence-electron chi connectivity index (χ0n) is 26.6. The van der Waals surface area contributed by atoms with Gasteiger partial charge in [-0.2, -0.15) is 15.1 Å². The molecule has 0 N–H and O–H groups in total. The standard InChI is InChI=1S/C23H26ClFN6O.C10H8BrClFN3O/c1-15-10-22(27-14-26-15)30-12-16-6-7-17(13-30)18(16)11-21-28-23(31(29-21)9-8-25)32-20-5-3-2-4-19(20)24;11-9-14-10(16(15-9)6-5-13)17-8-4-2-1-3-7(8)12/h2-5,10,14,16-18H,6-9,11-13H2,1H3;1-4H,5-6H2. The Labute approximate surface area is 300 Å². The summed E-state index contributed by atoms with van der Waals surface area (Å²) in [5.41, 5.74) is 0.984. The molecule has 1 aliphatic heterocycles. The van der Waals surface area contributed by atoms with Gasteiger partial charge in [0.15, 0.2) is 5.82 Å². The summed E-state index contributed by atoms with van der Waals surface area (Å²) in [5.74, 6) is 4.28. The number of alkyl halides is 2. The minimum Gasteiger partial charge on any atom is -0.423 e. The van der Waals surface area contributed by atoms with Crippen molar-refractivity contribution in [1.29, 1.82) is 0 Å². The van der Waals surface area contributed by atoms with Gasteiger partial charge in [-0.3, -0.25) is 0 Å². The fourth-order valence-corrected chi connectivity index (χ4v) is 6.99. The number of para-hydroxylation sites is 2. The summed E-state index contributed by atoms with van der Waals surface area (Å²) in [6, 6.07) is 16.7. The number of piperidine rings is 1. The summed E-state index contributed by atoms with van der Waals surface area (Å²) in [6.45, 7) is 3.05. The van der Waals surface area contributed by atoms with Crippen LogP contribution in [-0.2, 0) is 19.5 Å². The largest absolute Gasteiger partial charge is 0.423 e. The van der Waals surface area contributed by atoms with Crippen molar-refractivity contribution < 1.29 is 18.3 Å². The first-order valence-electron chi connectivity index (χ1n) is 15.9. The Bertz CT molecular complexity index is 1850. The molecule has 5 aromatic rings. The van der Waals surface area contributed by atoms with Crippen LogP contribution in [0.2, 0.25) is 10.0 Å². The molecule has 1 saturated heterocycles. The van der Waals surface area contributed by atoms with Crippen LogP contribution >= 0.6 is 39.1 Å². The molecule has 16 heteroatoms. The van der Waals surface area contributed by atoms with E-state index >= 15 is 0 Å². The molecule has 0 radical (unpaired) electrons. The molecule has 2 bridgehead atoms. The van der Waals surface area contributed by atoms with E-state index in [0.29, 0.717) is 49.9 Å². The first-order chi connectivity index (χ1) is 23.8. The van der Waals surface area contributed by atoms with Gasteiger partial charge in [-0.1, -0.05) is 47.5 Å². The van der Waals surface area contributed by atoms with Gasteiger partial charge in [0.25, 0.3) is 0 Å². The lowest BCUT2D eigenvalue weighted by molar-refractivity contribution is 0.264. The SMILES string of the molecule is Cc1cc(N2CC3CCC(C2)C3Cc2nc(Oc3ccccc3Cl)n(CCF)n2)ncn1.FCCn1nc(Br)nc1Oc1ccccc1Cl. The third-order valence-corrected chi connectivity index (χ3v) is 9.48. The van der Waals surface area contributed by atoms with Crippen molar-refractivity contribution in [1.82, 2.24) is 39.5 Å². The fraction of sp³-hybridized carbons (Fsp3) is 0.394. The maximum atomic E-state index is 13.1. The maximum Gasteiger partial charge on any atom is 0.321 e. The molecule has 4 heterocycles. The molecule has 7 rings (SSSR count). The monoisotopic (exact) mass is 775 g/mol. The molecule has 2 fully saturated rings. The average molecular weight is 778 g/mol. The van der Waals surface area contributed by atoms with Crippen LogP contribution in [0.4, 0.5) is 14.6 Å². The Morgan fingerprint density at radius 2 is 1.39 bits per heavy atom. The smallest absolute Gasteiger partial charge is 0.321 e. The van der Waals surface area contributed by atoms with Crippen molar-refractivity contribution in [2.45, 2.75) is 39.3 Å². The van der Waals surface area contributed by atoms with Crippen molar-refractivity contribution in [2.75, 3.05) is 31.3 Å². The molecule has 0 amide bonds. The van der Waals surface area contributed by atoms with Gasteiger partial charge in [-0.05, 0) is 77.7 Å². The predicted molar refractivity (Wildman–Crippen MR) is 185 cm³/mol. The number of aryl methyl sites for hydroxylation is 3. The number of ether oxygens (including phenoxy) is 2. The molecular formula is C33H34BrCl2F2N9O2. The van der Waals surface area contributed by atoms with Crippen LogP contribution in [0.1, 0.15) is 24.4 Å².